The van der Waals surface area contributed by atoms with Crippen LogP contribution < -0.4 is 10.7 Å². The predicted molar refractivity (Wildman–Crippen MR) is 137 cm³/mol. The molecule has 8 nitrogen and oxygen atoms in total. The van der Waals surface area contributed by atoms with Gasteiger partial charge in [0.15, 0.2) is 5.66 Å². The minimum absolute atomic E-state index is 0.244. The quantitative estimate of drug-likeness (QED) is 0.416. The number of hydrogen-bond acceptors (Lipinski definition) is 7. The van der Waals surface area contributed by atoms with Crippen molar-refractivity contribution in [1.82, 2.24) is 15.8 Å². The Hall–Kier alpha value is -2.98. The summed E-state index contributed by atoms with van der Waals surface area (Å²) >= 11 is 5.66. The van der Waals surface area contributed by atoms with Crippen LogP contribution in [0.15, 0.2) is 51.3 Å². The van der Waals surface area contributed by atoms with E-state index in [0.717, 1.165) is 49.8 Å². The standard InChI is InChI=1S/C25H24BrN5O3S/c1-12-10-11-18-19-20(12)25(16-8-4-3-6-14(16)22(35-18)21(19)26)28-29-30-31(25)17-9-5-7-15(17)23(32)27-13(2)24(33)34/h3-4,6,8,10-11,13,15,17H,5,7,9H2,1-2H3,(H,27,32)(H,28,30)(H,33,34)/t13-,15?,17?,25?/m0/s1. The van der Waals surface area contributed by atoms with Crippen molar-refractivity contribution in [3.05, 3.63) is 57.6 Å². The van der Waals surface area contributed by atoms with Crippen LogP contribution in [0.3, 0.4) is 0 Å². The molecule has 35 heavy (non-hydrogen) atoms. The number of amides is 1. The lowest BCUT2D eigenvalue weighted by Gasteiger charge is -2.43. The molecule has 1 saturated carbocycles. The van der Waals surface area contributed by atoms with Gasteiger partial charge in [-0.15, -0.1) is 11.3 Å². The van der Waals surface area contributed by atoms with E-state index in [1.54, 1.807) is 11.3 Å². The molecule has 3 unspecified atom stereocenters. The molecule has 1 amide bonds. The van der Waals surface area contributed by atoms with Gasteiger partial charge < -0.3 is 10.4 Å². The minimum Gasteiger partial charge on any atom is -0.480 e. The van der Waals surface area contributed by atoms with E-state index < -0.39 is 23.6 Å². The molecule has 10 heteroatoms. The topological polar surface area (TPSA) is 106 Å². The van der Waals surface area contributed by atoms with Gasteiger partial charge in [-0.25, -0.2) is 5.01 Å². The summed E-state index contributed by atoms with van der Waals surface area (Å²) < 4.78 is 2.23. The van der Waals surface area contributed by atoms with Gasteiger partial charge in [-0.3, -0.25) is 15.0 Å². The maximum absolute atomic E-state index is 13.2. The maximum Gasteiger partial charge on any atom is 0.325 e. The third kappa shape index (κ3) is 3.09. The number of nitrogens with one attached hydrogen (secondary N) is 2. The van der Waals surface area contributed by atoms with Crippen LogP contribution in [0.1, 0.15) is 42.9 Å². The van der Waals surface area contributed by atoms with Gasteiger partial charge in [0.1, 0.15) is 6.04 Å². The summed E-state index contributed by atoms with van der Waals surface area (Å²) in [6.45, 7) is 3.58. The number of aryl methyl sites for hydroxylation is 1. The molecule has 4 atom stereocenters. The molecule has 180 valence electrons. The van der Waals surface area contributed by atoms with Crippen molar-refractivity contribution < 1.29 is 14.7 Å². The SMILES string of the molecule is Cc1ccc2sc3c(Br)c2c1C1(NN=NN1C1CCCC1C(=O)N[C@@H](C)C(=O)O)c1ccccc1-3. The molecule has 0 radical (unpaired) electrons. The van der Waals surface area contributed by atoms with Crippen molar-refractivity contribution in [1.29, 1.82) is 0 Å². The van der Waals surface area contributed by atoms with Crippen LogP contribution in [0.5, 0.6) is 0 Å². The number of halogens is 1. The summed E-state index contributed by atoms with van der Waals surface area (Å²) in [5.74, 6) is -1.71. The summed E-state index contributed by atoms with van der Waals surface area (Å²) in [5, 5.41) is 24.0. The summed E-state index contributed by atoms with van der Waals surface area (Å²) in [4.78, 5) is 25.7. The van der Waals surface area contributed by atoms with Gasteiger partial charge in [0.25, 0.3) is 0 Å². The lowest BCUT2D eigenvalue weighted by Crippen LogP contribution is -2.56. The first kappa shape index (κ1) is 22.5. The van der Waals surface area contributed by atoms with Gasteiger partial charge in [-0.1, -0.05) is 47.2 Å². The first-order chi connectivity index (χ1) is 16.8. The Labute approximate surface area is 214 Å². The molecule has 2 heterocycles. The Bertz CT molecular complexity index is 1420. The Morgan fingerprint density at radius 1 is 1.29 bits per heavy atom. The highest BCUT2D eigenvalue weighted by molar-refractivity contribution is 9.10. The summed E-state index contributed by atoms with van der Waals surface area (Å²) in [5.41, 5.74) is 6.80. The summed E-state index contributed by atoms with van der Waals surface area (Å²) in [6.07, 6.45) is 2.28. The van der Waals surface area contributed by atoms with E-state index in [9.17, 15) is 14.7 Å². The summed E-state index contributed by atoms with van der Waals surface area (Å²) in [6, 6.07) is 11.4. The van der Waals surface area contributed by atoms with Crippen LogP contribution in [0.4, 0.5) is 0 Å². The number of carbonyl (C=O) groups excluding carboxylic acids is 1. The molecule has 1 aromatic heterocycles. The Kier molecular flexibility index (Phi) is 5.16. The molecule has 1 spiro atoms. The highest BCUT2D eigenvalue weighted by Crippen LogP contribution is 2.56. The predicted octanol–water partition coefficient (Wildman–Crippen LogP) is 5.10. The smallest absolute Gasteiger partial charge is 0.325 e. The molecule has 3 aliphatic rings. The van der Waals surface area contributed by atoms with Crippen LogP contribution in [-0.4, -0.2) is 34.1 Å². The van der Waals surface area contributed by atoms with E-state index in [1.807, 2.05) is 17.1 Å². The lowest BCUT2D eigenvalue weighted by molar-refractivity contribution is -0.142. The van der Waals surface area contributed by atoms with Crippen molar-refractivity contribution in [3.8, 4) is 10.4 Å². The van der Waals surface area contributed by atoms with E-state index in [1.165, 1.54) is 11.6 Å². The van der Waals surface area contributed by atoms with Crippen LogP contribution in [0.25, 0.3) is 20.5 Å². The fraction of sp³-hybridized carbons (Fsp3) is 0.360. The molecule has 6 rings (SSSR count). The van der Waals surface area contributed by atoms with Gasteiger partial charge in [0.2, 0.25) is 5.91 Å². The van der Waals surface area contributed by atoms with Gasteiger partial charge >= 0.3 is 5.97 Å². The van der Waals surface area contributed by atoms with E-state index in [4.69, 9.17) is 0 Å². The molecule has 2 aromatic carbocycles. The van der Waals surface area contributed by atoms with Crippen molar-refractivity contribution in [2.45, 2.75) is 50.9 Å². The lowest BCUT2D eigenvalue weighted by atomic mass is 9.83. The highest BCUT2D eigenvalue weighted by Gasteiger charge is 2.55. The fourth-order valence-corrected chi connectivity index (χ4v) is 8.02. The zero-order valence-electron chi connectivity index (χ0n) is 19.2. The first-order valence-corrected chi connectivity index (χ1v) is 13.3. The summed E-state index contributed by atoms with van der Waals surface area (Å²) in [7, 11) is 0. The van der Waals surface area contributed by atoms with Crippen molar-refractivity contribution in [2.75, 3.05) is 0 Å². The van der Waals surface area contributed by atoms with E-state index >= 15 is 0 Å². The number of benzene rings is 2. The largest absolute Gasteiger partial charge is 0.480 e. The number of thiophene rings is 1. The number of carbonyl (C=O) groups is 2. The molecule has 1 aliphatic heterocycles. The Balaban J connectivity index is 1.54. The van der Waals surface area contributed by atoms with Crippen LogP contribution in [-0.2, 0) is 15.3 Å². The zero-order valence-corrected chi connectivity index (χ0v) is 21.6. The first-order valence-electron chi connectivity index (χ1n) is 11.7. The van der Waals surface area contributed by atoms with Gasteiger partial charge in [0.05, 0.1) is 16.8 Å². The van der Waals surface area contributed by atoms with Crippen LogP contribution in [0.2, 0.25) is 0 Å². The fourth-order valence-electron chi connectivity index (χ4n) is 5.88. The zero-order chi connectivity index (χ0) is 24.5. The monoisotopic (exact) mass is 553 g/mol. The van der Waals surface area contributed by atoms with Crippen LogP contribution in [0, 0.1) is 12.8 Å². The van der Waals surface area contributed by atoms with E-state index in [2.05, 4.69) is 68.3 Å². The second-order valence-corrected chi connectivity index (χ2v) is 11.3. The molecular weight excluding hydrogens is 530 g/mol. The number of hydrogen-bond donors (Lipinski definition) is 3. The number of carboxylic acid groups (broad SMARTS) is 1. The number of carboxylic acids is 1. The maximum atomic E-state index is 13.2. The molecule has 3 aromatic rings. The third-order valence-corrected chi connectivity index (χ3v) is 9.73. The number of fused-ring (bicyclic) bond motifs is 5. The minimum atomic E-state index is -1.05. The molecule has 0 saturated heterocycles. The van der Waals surface area contributed by atoms with Crippen molar-refractivity contribution in [2.24, 2.45) is 16.4 Å². The van der Waals surface area contributed by atoms with Crippen LogP contribution >= 0.6 is 27.3 Å². The van der Waals surface area contributed by atoms with Gasteiger partial charge in [-0.05, 0) is 54.2 Å². The third-order valence-electron chi connectivity index (χ3n) is 7.49. The molecule has 3 N–H and O–H groups in total. The number of aliphatic carboxylic acids is 1. The number of nitrogens with zero attached hydrogens (tertiary/aromatic N) is 3. The van der Waals surface area contributed by atoms with Crippen molar-refractivity contribution >= 4 is 49.2 Å². The van der Waals surface area contributed by atoms with E-state index in [0.29, 0.717) is 6.42 Å². The Morgan fingerprint density at radius 3 is 2.89 bits per heavy atom. The Morgan fingerprint density at radius 2 is 2.09 bits per heavy atom. The van der Waals surface area contributed by atoms with Gasteiger partial charge in [-0.2, -0.15) is 0 Å². The molecule has 2 aliphatic carbocycles. The molecule has 2 bridgehead atoms. The molecule has 1 fully saturated rings. The second kappa shape index (κ2) is 8.03. The highest BCUT2D eigenvalue weighted by atomic mass is 79.9. The van der Waals surface area contributed by atoms with E-state index in [-0.39, 0.29) is 11.9 Å². The normalized spacial score (nSPS) is 25.1. The van der Waals surface area contributed by atoms with Gasteiger partial charge in [0, 0.05) is 31.2 Å². The number of rotatable bonds is 4. The van der Waals surface area contributed by atoms with Crippen molar-refractivity contribution in [3.63, 3.8) is 0 Å². The average molecular weight is 554 g/mol. The average Bonchev–Trinajstić information content (AvgIpc) is 3.55. The molecular formula is C25H24BrN5O3S. The second-order valence-electron chi connectivity index (χ2n) is 9.45.